The van der Waals surface area contributed by atoms with E-state index in [1.165, 1.54) is 19.3 Å². The molecule has 2 aliphatic heterocycles. The quantitative estimate of drug-likeness (QED) is 0.335. The number of anilines is 1. The molecule has 0 amide bonds. The zero-order valence-corrected chi connectivity index (χ0v) is 20.1. The maximum atomic E-state index is 12.7. The molecule has 2 heterocycles. The zero-order valence-electron chi connectivity index (χ0n) is 17.7. The summed E-state index contributed by atoms with van der Waals surface area (Å²) in [5, 5.41) is 7.26. The second-order valence-electron chi connectivity index (χ2n) is 8.95. The van der Waals surface area contributed by atoms with E-state index in [0.717, 1.165) is 38.5 Å². The van der Waals surface area contributed by atoms with Gasteiger partial charge in [-0.25, -0.2) is 0 Å². The highest BCUT2D eigenvalue weighted by atomic mass is 127. The van der Waals surface area contributed by atoms with Crippen molar-refractivity contribution in [2.24, 2.45) is 16.3 Å². The summed E-state index contributed by atoms with van der Waals surface area (Å²) in [6.07, 6.45) is 6.22. The maximum Gasteiger partial charge on any atom is 0.387 e. The summed E-state index contributed by atoms with van der Waals surface area (Å²) in [6, 6.07) is 7.63. The summed E-state index contributed by atoms with van der Waals surface area (Å²) in [5.41, 5.74) is 1.01. The van der Waals surface area contributed by atoms with Crippen molar-refractivity contribution in [1.82, 2.24) is 10.6 Å². The van der Waals surface area contributed by atoms with E-state index in [1.54, 1.807) is 12.1 Å². The number of fused-ring (bicyclic) bond motifs is 2. The van der Waals surface area contributed by atoms with Gasteiger partial charge in [-0.05, 0) is 37.8 Å². The number of benzene rings is 1. The summed E-state index contributed by atoms with van der Waals surface area (Å²) in [7, 11) is 1.81. The van der Waals surface area contributed by atoms with E-state index >= 15 is 0 Å². The SMILES string of the molecule is CN=C(NC1CCN(c2ccccc2OC(F)F)C1)NC1C2CCOC2C12CCC2.I. The first-order chi connectivity index (χ1) is 14.6. The molecule has 0 radical (unpaired) electrons. The summed E-state index contributed by atoms with van der Waals surface area (Å²) >= 11 is 0. The third-order valence-corrected chi connectivity index (χ3v) is 7.50. The number of guanidine groups is 1. The van der Waals surface area contributed by atoms with Crippen LogP contribution in [0.5, 0.6) is 5.75 Å². The van der Waals surface area contributed by atoms with Crippen molar-refractivity contribution in [3.8, 4) is 5.75 Å². The molecule has 4 atom stereocenters. The van der Waals surface area contributed by atoms with Crippen molar-refractivity contribution < 1.29 is 18.3 Å². The van der Waals surface area contributed by atoms with Crippen molar-refractivity contribution in [2.45, 2.75) is 56.9 Å². The largest absolute Gasteiger partial charge is 0.433 e. The van der Waals surface area contributed by atoms with Crippen molar-refractivity contribution in [2.75, 3.05) is 31.6 Å². The van der Waals surface area contributed by atoms with Gasteiger partial charge in [0.15, 0.2) is 5.96 Å². The second-order valence-corrected chi connectivity index (χ2v) is 8.95. The number of hydrogen-bond acceptors (Lipinski definition) is 4. The van der Waals surface area contributed by atoms with Crippen LogP contribution in [0.15, 0.2) is 29.3 Å². The number of ether oxygens (including phenoxy) is 2. The van der Waals surface area contributed by atoms with Crippen molar-refractivity contribution >= 4 is 35.6 Å². The van der Waals surface area contributed by atoms with E-state index in [4.69, 9.17) is 9.47 Å². The molecular weight excluding hydrogens is 517 g/mol. The average molecular weight is 548 g/mol. The number of nitrogens with zero attached hydrogens (tertiary/aromatic N) is 2. The van der Waals surface area contributed by atoms with Crippen molar-refractivity contribution in [1.29, 1.82) is 0 Å². The van der Waals surface area contributed by atoms with Gasteiger partial charge in [0.2, 0.25) is 0 Å². The number of hydrogen-bond donors (Lipinski definition) is 2. The van der Waals surface area contributed by atoms with Gasteiger partial charge in [-0.3, -0.25) is 4.99 Å². The van der Waals surface area contributed by atoms with Crippen LogP contribution in [0.1, 0.15) is 32.1 Å². The van der Waals surface area contributed by atoms with E-state index < -0.39 is 6.61 Å². The number of aliphatic imine (C=N–C) groups is 1. The predicted octanol–water partition coefficient (Wildman–Crippen LogP) is 3.61. The van der Waals surface area contributed by atoms with Gasteiger partial charge in [-0.1, -0.05) is 18.6 Å². The third kappa shape index (κ3) is 4.07. The average Bonchev–Trinajstić information content (AvgIpc) is 3.32. The lowest BCUT2D eigenvalue weighted by Gasteiger charge is -2.63. The Morgan fingerprint density at radius 2 is 2.06 bits per heavy atom. The highest BCUT2D eigenvalue weighted by Crippen LogP contribution is 2.62. The molecule has 9 heteroatoms. The van der Waals surface area contributed by atoms with Crippen LogP contribution >= 0.6 is 24.0 Å². The number of nitrogens with one attached hydrogen (secondary N) is 2. The molecule has 2 aliphatic carbocycles. The molecule has 2 saturated carbocycles. The summed E-state index contributed by atoms with van der Waals surface area (Å²) in [5.74, 6) is 1.65. The van der Waals surface area contributed by atoms with Crippen LogP contribution in [0.4, 0.5) is 14.5 Å². The van der Waals surface area contributed by atoms with Crippen LogP contribution in [-0.2, 0) is 4.74 Å². The van der Waals surface area contributed by atoms with Crippen LogP contribution in [0.3, 0.4) is 0 Å². The summed E-state index contributed by atoms with van der Waals surface area (Å²) in [4.78, 5) is 6.57. The van der Waals surface area contributed by atoms with E-state index in [0.29, 0.717) is 29.2 Å². The van der Waals surface area contributed by atoms with Crippen LogP contribution in [0, 0.1) is 11.3 Å². The molecule has 2 saturated heterocycles. The molecule has 1 spiro atoms. The number of alkyl halides is 2. The molecule has 5 rings (SSSR count). The Balaban J connectivity index is 0.00000231. The van der Waals surface area contributed by atoms with Gasteiger partial charge in [0.25, 0.3) is 0 Å². The van der Waals surface area contributed by atoms with E-state index in [9.17, 15) is 8.78 Å². The Kier molecular flexibility index (Phi) is 6.81. The molecule has 6 nitrogen and oxygen atoms in total. The molecule has 0 bridgehead atoms. The molecule has 0 aromatic heterocycles. The van der Waals surface area contributed by atoms with Crippen LogP contribution in [0.2, 0.25) is 0 Å². The lowest BCUT2D eigenvalue weighted by molar-refractivity contribution is -0.171. The number of halogens is 3. The predicted molar refractivity (Wildman–Crippen MR) is 127 cm³/mol. The first kappa shape index (κ1) is 22.8. The van der Waals surface area contributed by atoms with Gasteiger partial charge in [0, 0.05) is 50.2 Å². The lowest BCUT2D eigenvalue weighted by atomic mass is 9.46. The van der Waals surface area contributed by atoms with Gasteiger partial charge in [0.1, 0.15) is 5.75 Å². The Morgan fingerprint density at radius 1 is 1.26 bits per heavy atom. The van der Waals surface area contributed by atoms with Crippen LogP contribution in [-0.4, -0.2) is 57.5 Å². The minimum Gasteiger partial charge on any atom is -0.433 e. The molecule has 31 heavy (non-hydrogen) atoms. The first-order valence-corrected chi connectivity index (χ1v) is 11.0. The molecule has 4 unspecified atom stereocenters. The normalized spacial score (nSPS) is 31.0. The van der Waals surface area contributed by atoms with Crippen molar-refractivity contribution in [3.05, 3.63) is 24.3 Å². The van der Waals surface area contributed by atoms with Gasteiger partial charge in [0.05, 0.1) is 11.8 Å². The fourth-order valence-corrected chi connectivity index (χ4v) is 5.98. The maximum absolute atomic E-state index is 12.7. The Hall–Kier alpha value is -1.36. The monoisotopic (exact) mass is 548 g/mol. The topological polar surface area (TPSA) is 58.1 Å². The Morgan fingerprint density at radius 3 is 2.77 bits per heavy atom. The van der Waals surface area contributed by atoms with E-state index in [-0.39, 0.29) is 35.8 Å². The second kappa shape index (κ2) is 9.25. The number of para-hydroxylation sites is 2. The molecule has 172 valence electrons. The smallest absolute Gasteiger partial charge is 0.387 e. The van der Waals surface area contributed by atoms with Gasteiger partial charge in [-0.15, -0.1) is 24.0 Å². The highest BCUT2D eigenvalue weighted by Gasteiger charge is 2.66. The minimum atomic E-state index is -2.82. The minimum absolute atomic E-state index is 0. The Bertz CT molecular complexity index is 807. The lowest BCUT2D eigenvalue weighted by Crippen LogP contribution is -2.72. The van der Waals surface area contributed by atoms with Gasteiger partial charge >= 0.3 is 6.61 Å². The first-order valence-electron chi connectivity index (χ1n) is 11.0. The van der Waals surface area contributed by atoms with Crippen LogP contribution < -0.4 is 20.3 Å². The van der Waals surface area contributed by atoms with Crippen molar-refractivity contribution in [3.63, 3.8) is 0 Å². The molecule has 2 N–H and O–H groups in total. The number of rotatable bonds is 5. The summed E-state index contributed by atoms with van der Waals surface area (Å²) < 4.78 is 36.2. The highest BCUT2D eigenvalue weighted by molar-refractivity contribution is 14.0. The zero-order chi connectivity index (χ0) is 20.7. The van der Waals surface area contributed by atoms with Gasteiger partial charge in [-0.2, -0.15) is 8.78 Å². The van der Waals surface area contributed by atoms with Crippen LogP contribution in [0.25, 0.3) is 0 Å². The molecule has 4 fully saturated rings. The molecule has 4 aliphatic rings. The van der Waals surface area contributed by atoms with E-state index in [1.807, 2.05) is 19.2 Å². The third-order valence-electron chi connectivity index (χ3n) is 7.50. The van der Waals surface area contributed by atoms with E-state index in [2.05, 4.69) is 20.5 Å². The molecule has 1 aromatic rings. The standard InChI is InChI=1S/C22H30F2N4O2.HI/c1-25-21(27-18-15-8-12-29-19(15)22(18)9-4-10-22)26-14-7-11-28(13-14)16-5-2-3-6-17(16)30-20(23)24;/h2-3,5-6,14-15,18-20H,4,7-13H2,1H3,(H2,25,26,27);1H. The molecule has 1 aromatic carbocycles. The summed E-state index contributed by atoms with van der Waals surface area (Å²) in [6.45, 7) is -0.450. The van der Waals surface area contributed by atoms with Gasteiger partial charge < -0.3 is 25.0 Å². The molecular formula is C22H31F2IN4O2. The fourth-order valence-electron chi connectivity index (χ4n) is 5.98. The Labute approximate surface area is 199 Å². The fraction of sp³-hybridized carbons (Fsp3) is 0.682.